The molecule has 3 aromatic rings. The van der Waals surface area contributed by atoms with Crippen LogP contribution < -0.4 is 15.2 Å². The van der Waals surface area contributed by atoms with Gasteiger partial charge in [-0.05, 0) is 56.9 Å². The highest BCUT2D eigenvalue weighted by Gasteiger charge is 2.20. The second-order valence-corrected chi connectivity index (χ2v) is 7.87. The third-order valence-corrected chi connectivity index (χ3v) is 5.77. The van der Waals surface area contributed by atoms with Crippen LogP contribution in [0.5, 0.6) is 5.75 Å². The third kappa shape index (κ3) is 3.76. The first-order valence-electron chi connectivity index (χ1n) is 9.99. The van der Waals surface area contributed by atoms with Crippen LogP contribution in [0.1, 0.15) is 32.5 Å². The third-order valence-electron chi connectivity index (χ3n) is 5.39. The van der Waals surface area contributed by atoms with Gasteiger partial charge in [-0.15, -0.1) is 0 Å². The van der Waals surface area contributed by atoms with Crippen molar-refractivity contribution >= 4 is 29.2 Å². The van der Waals surface area contributed by atoms with Crippen LogP contribution in [-0.4, -0.2) is 39.2 Å². The zero-order chi connectivity index (χ0) is 20.5. The van der Waals surface area contributed by atoms with E-state index >= 15 is 0 Å². The van der Waals surface area contributed by atoms with Crippen molar-refractivity contribution in [1.82, 2.24) is 19.5 Å². The molecule has 7 nitrogen and oxygen atoms in total. The Balaban J connectivity index is 1.79. The first-order chi connectivity index (χ1) is 14.0. The average Bonchev–Trinajstić information content (AvgIpc) is 2.69. The van der Waals surface area contributed by atoms with Gasteiger partial charge in [-0.1, -0.05) is 19.1 Å². The molecule has 1 fully saturated rings. The molecule has 0 spiro atoms. The lowest BCUT2D eigenvalue weighted by atomic mass is 10.00. The van der Waals surface area contributed by atoms with Gasteiger partial charge in [-0.25, -0.2) is 4.98 Å². The molecule has 152 valence electrons. The highest BCUT2D eigenvalue weighted by Crippen LogP contribution is 2.22. The van der Waals surface area contributed by atoms with Gasteiger partial charge in [0.05, 0.1) is 6.61 Å². The predicted molar refractivity (Wildman–Crippen MR) is 117 cm³/mol. The first-order valence-corrected chi connectivity index (χ1v) is 10.4. The quantitative estimate of drug-likeness (QED) is 0.659. The summed E-state index contributed by atoms with van der Waals surface area (Å²) >= 11 is 5.67. The Bertz CT molecular complexity index is 1140. The van der Waals surface area contributed by atoms with Gasteiger partial charge < -0.3 is 9.64 Å². The van der Waals surface area contributed by atoms with Crippen molar-refractivity contribution in [3.05, 3.63) is 45.1 Å². The Kier molecular flexibility index (Phi) is 5.36. The van der Waals surface area contributed by atoms with Gasteiger partial charge in [-0.2, -0.15) is 4.98 Å². The SMILES string of the molecule is CCOc1ccc(-n2c(C)nc3nc(N4CCC(C)CC4)[nH]c(=O)c3c2=S)cc1. The van der Waals surface area contributed by atoms with Crippen LogP contribution in [0.2, 0.25) is 0 Å². The maximum absolute atomic E-state index is 12.9. The molecule has 8 heteroatoms. The summed E-state index contributed by atoms with van der Waals surface area (Å²) in [6.07, 6.45) is 2.18. The predicted octanol–water partition coefficient (Wildman–Crippen LogP) is 3.78. The molecule has 0 aliphatic carbocycles. The largest absolute Gasteiger partial charge is 0.494 e. The first kappa shape index (κ1) is 19.6. The van der Waals surface area contributed by atoms with Crippen molar-refractivity contribution in [3.8, 4) is 11.4 Å². The summed E-state index contributed by atoms with van der Waals surface area (Å²) in [5.41, 5.74) is 0.978. The number of fused-ring (bicyclic) bond motifs is 1. The summed E-state index contributed by atoms with van der Waals surface area (Å²) in [6.45, 7) is 8.44. The van der Waals surface area contributed by atoms with Gasteiger partial charge in [0, 0.05) is 18.8 Å². The van der Waals surface area contributed by atoms with E-state index in [-0.39, 0.29) is 5.56 Å². The van der Waals surface area contributed by atoms with E-state index in [0.717, 1.165) is 37.4 Å². The number of aryl methyl sites for hydroxylation is 1. The molecule has 0 radical (unpaired) electrons. The van der Waals surface area contributed by atoms with Crippen LogP contribution in [0.3, 0.4) is 0 Å². The number of nitrogens with zero attached hydrogens (tertiary/aromatic N) is 4. The average molecular weight is 412 g/mol. The van der Waals surface area contributed by atoms with E-state index in [1.165, 1.54) is 0 Å². The number of hydrogen-bond acceptors (Lipinski definition) is 6. The second kappa shape index (κ2) is 7.94. The fraction of sp³-hybridized carbons (Fsp3) is 0.429. The van der Waals surface area contributed by atoms with E-state index in [2.05, 4.69) is 26.8 Å². The number of rotatable bonds is 4. The fourth-order valence-electron chi connectivity index (χ4n) is 3.72. The number of benzene rings is 1. The molecule has 4 rings (SSSR count). The van der Waals surface area contributed by atoms with Gasteiger partial charge in [0.15, 0.2) is 5.65 Å². The molecule has 3 heterocycles. The zero-order valence-electron chi connectivity index (χ0n) is 16.9. The topological polar surface area (TPSA) is 76.0 Å². The van der Waals surface area contributed by atoms with Crippen molar-refractivity contribution in [2.75, 3.05) is 24.6 Å². The molecule has 1 saturated heterocycles. The second-order valence-electron chi connectivity index (χ2n) is 7.48. The smallest absolute Gasteiger partial charge is 0.264 e. The van der Waals surface area contributed by atoms with Crippen LogP contribution in [0, 0.1) is 17.5 Å². The molecule has 1 N–H and O–H groups in total. The minimum Gasteiger partial charge on any atom is -0.494 e. The molecule has 0 unspecified atom stereocenters. The van der Waals surface area contributed by atoms with E-state index in [0.29, 0.717) is 40.0 Å². The normalized spacial score (nSPS) is 15.1. The summed E-state index contributed by atoms with van der Waals surface area (Å²) in [5, 5.41) is 0.341. The molecule has 2 aromatic heterocycles. The van der Waals surface area contributed by atoms with Gasteiger partial charge in [0.2, 0.25) is 5.95 Å². The highest BCUT2D eigenvalue weighted by molar-refractivity contribution is 7.71. The molecule has 0 atom stereocenters. The summed E-state index contributed by atoms with van der Waals surface area (Å²) in [6, 6.07) is 7.58. The Morgan fingerprint density at radius 2 is 1.90 bits per heavy atom. The number of hydrogen-bond donors (Lipinski definition) is 1. The molecule has 0 bridgehead atoms. The Morgan fingerprint density at radius 3 is 2.55 bits per heavy atom. The zero-order valence-corrected chi connectivity index (χ0v) is 17.8. The number of nitrogens with one attached hydrogen (secondary N) is 1. The van der Waals surface area contributed by atoms with E-state index in [4.69, 9.17) is 17.0 Å². The summed E-state index contributed by atoms with van der Waals surface area (Å²) in [7, 11) is 0. The maximum atomic E-state index is 12.9. The Labute approximate surface area is 174 Å². The van der Waals surface area contributed by atoms with E-state index in [1.54, 1.807) is 4.57 Å². The van der Waals surface area contributed by atoms with Crippen LogP contribution in [0.25, 0.3) is 16.7 Å². The molecule has 1 aliphatic heterocycles. The summed E-state index contributed by atoms with van der Waals surface area (Å²) in [5.74, 6) is 2.75. The molecule has 1 aliphatic rings. The number of anilines is 1. The van der Waals surface area contributed by atoms with Crippen LogP contribution in [-0.2, 0) is 0 Å². The summed E-state index contributed by atoms with van der Waals surface area (Å²) in [4.78, 5) is 27.2. The number of aromatic nitrogens is 4. The van der Waals surface area contributed by atoms with E-state index in [1.807, 2.05) is 38.1 Å². The maximum Gasteiger partial charge on any atom is 0.264 e. The molecule has 1 aromatic carbocycles. The standard InChI is InChI=1S/C21H25N5O2S/c1-4-28-16-7-5-15(6-8-16)26-14(3)22-18-17(20(26)29)19(27)24-21(23-18)25-11-9-13(2)10-12-25/h5-8,13H,4,9-12H2,1-3H3,(H,23,24,27). The molecular formula is C21H25N5O2S. The minimum atomic E-state index is -0.249. The van der Waals surface area contributed by atoms with Gasteiger partial charge in [-0.3, -0.25) is 14.3 Å². The number of piperidine rings is 1. The number of ether oxygens (including phenoxy) is 1. The number of H-pyrrole nitrogens is 1. The van der Waals surface area contributed by atoms with Gasteiger partial charge >= 0.3 is 0 Å². The minimum absolute atomic E-state index is 0.249. The van der Waals surface area contributed by atoms with Crippen LogP contribution in [0.4, 0.5) is 5.95 Å². The molecular weight excluding hydrogens is 386 g/mol. The molecule has 0 amide bonds. The molecule has 0 saturated carbocycles. The highest BCUT2D eigenvalue weighted by atomic mass is 32.1. The Hall–Kier alpha value is -2.74. The lowest BCUT2D eigenvalue weighted by Crippen LogP contribution is -2.35. The lowest BCUT2D eigenvalue weighted by molar-refractivity contribution is 0.340. The van der Waals surface area contributed by atoms with Crippen molar-refractivity contribution in [2.24, 2.45) is 5.92 Å². The van der Waals surface area contributed by atoms with E-state index < -0.39 is 0 Å². The van der Waals surface area contributed by atoms with Gasteiger partial charge in [0.25, 0.3) is 5.56 Å². The van der Waals surface area contributed by atoms with Crippen molar-refractivity contribution in [3.63, 3.8) is 0 Å². The Morgan fingerprint density at radius 1 is 1.21 bits per heavy atom. The lowest BCUT2D eigenvalue weighted by Gasteiger charge is -2.30. The van der Waals surface area contributed by atoms with Crippen LogP contribution in [0.15, 0.2) is 29.1 Å². The number of aromatic amines is 1. The van der Waals surface area contributed by atoms with Crippen molar-refractivity contribution in [1.29, 1.82) is 0 Å². The molecule has 29 heavy (non-hydrogen) atoms. The van der Waals surface area contributed by atoms with Crippen molar-refractivity contribution in [2.45, 2.75) is 33.6 Å². The fourth-order valence-corrected chi connectivity index (χ4v) is 4.14. The van der Waals surface area contributed by atoms with E-state index in [9.17, 15) is 4.79 Å². The van der Waals surface area contributed by atoms with Crippen LogP contribution >= 0.6 is 12.2 Å². The summed E-state index contributed by atoms with van der Waals surface area (Å²) < 4.78 is 7.71. The van der Waals surface area contributed by atoms with Crippen molar-refractivity contribution < 1.29 is 4.74 Å². The monoisotopic (exact) mass is 411 g/mol. The van der Waals surface area contributed by atoms with Gasteiger partial charge in [0.1, 0.15) is 21.6 Å².